The Morgan fingerprint density at radius 2 is 2.07 bits per heavy atom. The number of hydrogen-bond donors (Lipinski definition) is 1. The first-order chi connectivity index (χ1) is 14.5. The maximum absolute atomic E-state index is 14.3. The molecule has 2 aromatic carbocycles. The van der Waals surface area contributed by atoms with Gasteiger partial charge in [-0.25, -0.2) is 4.68 Å². The SMILES string of the molecule is CCON=Cc1ccc(-c2ccccc2NC(=O)c2c(C)nn(C)c2F)cc1OC. The smallest absolute Gasteiger partial charge is 0.262 e. The molecular weight excluding hydrogens is 387 g/mol. The molecule has 1 amide bonds. The van der Waals surface area contributed by atoms with Crippen LogP contribution < -0.4 is 10.1 Å². The van der Waals surface area contributed by atoms with Crippen LogP contribution in [0.4, 0.5) is 10.1 Å². The molecule has 0 aliphatic heterocycles. The molecule has 30 heavy (non-hydrogen) atoms. The van der Waals surface area contributed by atoms with Crippen LogP contribution in [0.5, 0.6) is 5.75 Å². The molecule has 1 aromatic heterocycles. The number of para-hydroxylation sites is 1. The van der Waals surface area contributed by atoms with Crippen LogP contribution in [0.3, 0.4) is 0 Å². The highest BCUT2D eigenvalue weighted by atomic mass is 19.1. The molecule has 0 atom stereocenters. The maximum Gasteiger partial charge on any atom is 0.262 e. The van der Waals surface area contributed by atoms with Crippen molar-refractivity contribution in [3.63, 3.8) is 0 Å². The Hall–Kier alpha value is -3.68. The van der Waals surface area contributed by atoms with Gasteiger partial charge in [-0.3, -0.25) is 4.79 Å². The number of carbonyl (C=O) groups excluding carboxylic acids is 1. The molecule has 7 nitrogen and oxygen atoms in total. The van der Waals surface area contributed by atoms with E-state index < -0.39 is 11.9 Å². The molecule has 156 valence electrons. The van der Waals surface area contributed by atoms with Crippen LogP contribution in [0.1, 0.15) is 28.5 Å². The van der Waals surface area contributed by atoms with Crippen LogP contribution in [0.15, 0.2) is 47.6 Å². The minimum Gasteiger partial charge on any atom is -0.496 e. The van der Waals surface area contributed by atoms with E-state index in [0.29, 0.717) is 23.7 Å². The molecule has 0 unspecified atom stereocenters. The Labute approximate surface area is 174 Å². The van der Waals surface area contributed by atoms with Crippen molar-refractivity contribution in [2.75, 3.05) is 19.0 Å². The van der Waals surface area contributed by atoms with Gasteiger partial charge in [0, 0.05) is 23.9 Å². The van der Waals surface area contributed by atoms with Crippen molar-refractivity contribution in [1.29, 1.82) is 0 Å². The third-order valence-corrected chi connectivity index (χ3v) is 4.49. The lowest BCUT2D eigenvalue weighted by Crippen LogP contribution is -2.15. The Morgan fingerprint density at radius 1 is 1.30 bits per heavy atom. The van der Waals surface area contributed by atoms with Gasteiger partial charge >= 0.3 is 0 Å². The maximum atomic E-state index is 14.3. The number of methoxy groups -OCH3 is 1. The number of aromatic nitrogens is 2. The van der Waals surface area contributed by atoms with Gasteiger partial charge in [0.1, 0.15) is 17.9 Å². The number of nitrogens with one attached hydrogen (secondary N) is 1. The number of oxime groups is 1. The standard InChI is InChI=1S/C22H23FN4O3/c1-5-30-24-13-16-11-10-15(12-19(16)29-4)17-8-6-7-9-18(17)25-22(28)20-14(2)26-27(3)21(20)23/h6-13H,5H2,1-4H3,(H,25,28). The van der Waals surface area contributed by atoms with E-state index in [1.54, 1.807) is 32.4 Å². The summed E-state index contributed by atoms with van der Waals surface area (Å²) in [7, 11) is 3.02. The molecule has 8 heteroatoms. The van der Waals surface area contributed by atoms with Gasteiger partial charge in [-0.1, -0.05) is 29.4 Å². The molecule has 1 N–H and O–H groups in total. The zero-order valence-corrected chi connectivity index (χ0v) is 17.3. The van der Waals surface area contributed by atoms with Crippen LogP contribution in [-0.4, -0.2) is 35.6 Å². The number of amides is 1. The topological polar surface area (TPSA) is 77.7 Å². The largest absolute Gasteiger partial charge is 0.496 e. The fraction of sp³-hybridized carbons (Fsp3) is 0.227. The summed E-state index contributed by atoms with van der Waals surface area (Å²) in [6.45, 7) is 3.92. The number of halogens is 1. The highest BCUT2D eigenvalue weighted by Crippen LogP contribution is 2.32. The summed E-state index contributed by atoms with van der Waals surface area (Å²) in [5.74, 6) is -0.633. The van der Waals surface area contributed by atoms with Crippen molar-refractivity contribution in [2.45, 2.75) is 13.8 Å². The number of anilines is 1. The molecule has 0 aliphatic carbocycles. The lowest BCUT2D eigenvalue weighted by molar-refractivity contribution is 0.102. The number of nitrogens with zero attached hydrogens (tertiary/aromatic N) is 3. The third-order valence-electron chi connectivity index (χ3n) is 4.49. The summed E-state index contributed by atoms with van der Waals surface area (Å²) >= 11 is 0. The molecule has 0 radical (unpaired) electrons. The second-order valence-corrected chi connectivity index (χ2v) is 6.48. The van der Waals surface area contributed by atoms with Crippen molar-refractivity contribution in [3.05, 3.63) is 65.2 Å². The molecule has 0 aliphatic rings. The number of aryl methyl sites for hydroxylation is 2. The highest BCUT2D eigenvalue weighted by Gasteiger charge is 2.21. The number of carbonyl (C=O) groups is 1. The Morgan fingerprint density at radius 3 is 2.73 bits per heavy atom. The van der Waals surface area contributed by atoms with E-state index in [1.165, 1.54) is 7.05 Å². The van der Waals surface area contributed by atoms with E-state index in [-0.39, 0.29) is 5.56 Å². The van der Waals surface area contributed by atoms with Crippen molar-refractivity contribution >= 4 is 17.8 Å². The summed E-state index contributed by atoms with van der Waals surface area (Å²) < 4.78 is 20.8. The van der Waals surface area contributed by atoms with Gasteiger partial charge < -0.3 is 14.9 Å². The minimum absolute atomic E-state index is 0.0765. The summed E-state index contributed by atoms with van der Waals surface area (Å²) in [5, 5.41) is 10.6. The predicted octanol–water partition coefficient (Wildman–Crippen LogP) is 4.17. The number of benzene rings is 2. The van der Waals surface area contributed by atoms with Crippen LogP contribution >= 0.6 is 0 Å². The molecule has 0 spiro atoms. The van der Waals surface area contributed by atoms with Gasteiger partial charge in [0.25, 0.3) is 5.91 Å². The highest BCUT2D eigenvalue weighted by molar-refractivity contribution is 6.07. The van der Waals surface area contributed by atoms with E-state index in [2.05, 4.69) is 15.6 Å². The van der Waals surface area contributed by atoms with Crippen molar-refractivity contribution in [3.8, 4) is 16.9 Å². The van der Waals surface area contributed by atoms with Crippen molar-refractivity contribution in [2.24, 2.45) is 12.2 Å². The van der Waals surface area contributed by atoms with Crippen LogP contribution in [0.25, 0.3) is 11.1 Å². The van der Waals surface area contributed by atoms with Crippen LogP contribution in [-0.2, 0) is 11.9 Å². The Balaban J connectivity index is 1.94. The fourth-order valence-corrected chi connectivity index (χ4v) is 3.07. The number of ether oxygens (including phenoxy) is 1. The lowest BCUT2D eigenvalue weighted by Gasteiger charge is -2.13. The van der Waals surface area contributed by atoms with Crippen LogP contribution in [0.2, 0.25) is 0 Å². The first kappa shape index (κ1) is 21.0. The predicted molar refractivity (Wildman–Crippen MR) is 114 cm³/mol. The average molecular weight is 410 g/mol. The summed E-state index contributed by atoms with van der Waals surface area (Å²) in [4.78, 5) is 17.7. The van der Waals surface area contributed by atoms with E-state index in [1.807, 2.05) is 37.3 Å². The van der Waals surface area contributed by atoms with E-state index in [0.717, 1.165) is 21.4 Å². The Kier molecular flexibility index (Phi) is 6.46. The third kappa shape index (κ3) is 4.32. The molecule has 1 heterocycles. The molecule has 0 saturated heterocycles. The zero-order valence-electron chi connectivity index (χ0n) is 17.3. The zero-order chi connectivity index (χ0) is 21.7. The quantitative estimate of drug-likeness (QED) is 0.469. The molecule has 0 saturated carbocycles. The second-order valence-electron chi connectivity index (χ2n) is 6.48. The van der Waals surface area contributed by atoms with Gasteiger partial charge in [-0.2, -0.15) is 9.49 Å². The fourth-order valence-electron chi connectivity index (χ4n) is 3.07. The lowest BCUT2D eigenvalue weighted by atomic mass is 10.0. The van der Waals surface area contributed by atoms with E-state index in [4.69, 9.17) is 9.57 Å². The number of rotatable bonds is 7. The van der Waals surface area contributed by atoms with Gasteiger partial charge in [0.2, 0.25) is 5.95 Å². The van der Waals surface area contributed by atoms with Crippen LogP contribution in [0, 0.1) is 12.9 Å². The van der Waals surface area contributed by atoms with Crippen molar-refractivity contribution in [1.82, 2.24) is 9.78 Å². The monoisotopic (exact) mass is 410 g/mol. The second kappa shape index (κ2) is 9.21. The molecule has 0 fully saturated rings. The summed E-state index contributed by atoms with van der Waals surface area (Å²) in [6.07, 6.45) is 1.58. The molecule has 3 rings (SSSR count). The molecular formula is C22H23FN4O3. The van der Waals surface area contributed by atoms with Crippen molar-refractivity contribution < 1.29 is 18.8 Å². The van der Waals surface area contributed by atoms with Gasteiger partial charge in [0.15, 0.2) is 0 Å². The first-order valence-electron chi connectivity index (χ1n) is 9.39. The summed E-state index contributed by atoms with van der Waals surface area (Å²) in [6, 6.07) is 12.9. The van der Waals surface area contributed by atoms with Gasteiger partial charge in [-0.05, 0) is 37.6 Å². The minimum atomic E-state index is -0.679. The Bertz CT molecular complexity index is 1090. The van der Waals surface area contributed by atoms with Gasteiger partial charge in [0.05, 0.1) is 19.0 Å². The van der Waals surface area contributed by atoms with E-state index in [9.17, 15) is 9.18 Å². The molecule has 3 aromatic rings. The van der Waals surface area contributed by atoms with E-state index >= 15 is 0 Å². The van der Waals surface area contributed by atoms with Gasteiger partial charge in [-0.15, -0.1) is 0 Å². The first-order valence-corrected chi connectivity index (χ1v) is 9.39. The average Bonchev–Trinajstić information content (AvgIpc) is 3.00. The normalized spacial score (nSPS) is 11.0. The molecule has 0 bridgehead atoms. The summed E-state index contributed by atoms with van der Waals surface area (Å²) in [5.41, 5.74) is 3.13. The number of hydrogen-bond acceptors (Lipinski definition) is 5.